The van der Waals surface area contributed by atoms with Gasteiger partial charge < -0.3 is 10.9 Å². The second-order valence-electron chi connectivity index (χ2n) is 2.14. The Morgan fingerprint density at radius 2 is 2.17 bits per heavy atom. The van der Waals surface area contributed by atoms with Gasteiger partial charge in [-0.3, -0.25) is 0 Å². The minimum Gasteiger partial charge on any atom is -0.409 e. The maximum atomic E-state index is 12.6. The van der Waals surface area contributed by atoms with E-state index in [-0.39, 0.29) is 16.4 Å². The van der Waals surface area contributed by atoms with E-state index >= 15 is 0 Å². The Kier molecular flexibility index (Phi) is 2.50. The van der Waals surface area contributed by atoms with Crippen molar-refractivity contribution in [3.8, 4) is 0 Å². The quantitative estimate of drug-likeness (QED) is 0.304. The Morgan fingerprint density at radius 1 is 1.50 bits per heavy atom. The zero-order chi connectivity index (χ0) is 9.14. The highest BCUT2D eigenvalue weighted by Crippen LogP contribution is 2.13. The number of hydrogen-bond donors (Lipinski definition) is 2. The SMILES string of the molecule is NC(=NO)c1cc(F)cc(Cl)c1. The van der Waals surface area contributed by atoms with Crippen LogP contribution in [0.5, 0.6) is 0 Å². The molecule has 1 aromatic carbocycles. The Balaban J connectivity index is 3.17. The molecule has 0 bridgehead atoms. The van der Waals surface area contributed by atoms with E-state index < -0.39 is 5.82 Å². The zero-order valence-electron chi connectivity index (χ0n) is 5.96. The van der Waals surface area contributed by atoms with E-state index in [0.717, 1.165) is 12.1 Å². The Morgan fingerprint density at radius 3 is 2.67 bits per heavy atom. The van der Waals surface area contributed by atoms with Crippen LogP contribution >= 0.6 is 11.6 Å². The molecule has 1 aromatic rings. The molecule has 0 aliphatic heterocycles. The van der Waals surface area contributed by atoms with Gasteiger partial charge in [-0.05, 0) is 18.2 Å². The first-order chi connectivity index (χ1) is 5.63. The standard InChI is InChI=1S/C7H6ClFN2O/c8-5-1-4(7(10)11-12)2-6(9)3-5/h1-3,12H,(H2,10,11). The molecule has 0 saturated heterocycles. The zero-order valence-corrected chi connectivity index (χ0v) is 6.72. The Bertz CT molecular complexity index is 307. The van der Waals surface area contributed by atoms with Gasteiger partial charge in [-0.15, -0.1) is 0 Å². The third kappa shape index (κ3) is 1.85. The van der Waals surface area contributed by atoms with Crippen molar-refractivity contribution in [2.45, 2.75) is 0 Å². The fourth-order valence-electron chi connectivity index (χ4n) is 0.759. The van der Waals surface area contributed by atoms with Crippen LogP contribution in [-0.4, -0.2) is 11.0 Å². The van der Waals surface area contributed by atoms with Crippen molar-refractivity contribution in [2.24, 2.45) is 10.9 Å². The molecule has 64 valence electrons. The summed E-state index contributed by atoms with van der Waals surface area (Å²) in [5, 5.41) is 11.2. The Labute approximate surface area is 73.2 Å². The lowest BCUT2D eigenvalue weighted by Crippen LogP contribution is -2.13. The molecule has 0 saturated carbocycles. The molecular formula is C7H6ClFN2O. The van der Waals surface area contributed by atoms with Crippen molar-refractivity contribution in [3.63, 3.8) is 0 Å². The van der Waals surface area contributed by atoms with Crippen LogP contribution in [0.3, 0.4) is 0 Å². The minimum atomic E-state index is -0.524. The van der Waals surface area contributed by atoms with Crippen LogP contribution in [0.4, 0.5) is 4.39 Å². The normalized spacial score (nSPS) is 11.7. The molecule has 0 unspecified atom stereocenters. The van der Waals surface area contributed by atoms with E-state index in [4.69, 9.17) is 22.5 Å². The topological polar surface area (TPSA) is 58.6 Å². The van der Waals surface area contributed by atoms with Gasteiger partial charge in [-0.2, -0.15) is 0 Å². The van der Waals surface area contributed by atoms with Gasteiger partial charge in [0.2, 0.25) is 0 Å². The number of halogens is 2. The first kappa shape index (κ1) is 8.80. The maximum Gasteiger partial charge on any atom is 0.170 e. The summed E-state index contributed by atoms with van der Waals surface area (Å²) in [6.45, 7) is 0. The van der Waals surface area contributed by atoms with Gasteiger partial charge in [0.05, 0.1) is 0 Å². The Hall–Kier alpha value is -1.29. The molecule has 0 heterocycles. The van der Waals surface area contributed by atoms with Gasteiger partial charge in [-0.25, -0.2) is 4.39 Å². The largest absolute Gasteiger partial charge is 0.409 e. The molecule has 0 radical (unpaired) electrons. The first-order valence-corrected chi connectivity index (χ1v) is 3.45. The highest BCUT2D eigenvalue weighted by molar-refractivity contribution is 6.31. The van der Waals surface area contributed by atoms with Gasteiger partial charge in [-0.1, -0.05) is 16.8 Å². The number of rotatable bonds is 1. The van der Waals surface area contributed by atoms with Crippen LogP contribution in [0.25, 0.3) is 0 Å². The van der Waals surface area contributed by atoms with Gasteiger partial charge in [0, 0.05) is 10.6 Å². The smallest absolute Gasteiger partial charge is 0.170 e. The number of benzene rings is 1. The highest BCUT2D eigenvalue weighted by atomic mass is 35.5. The molecular weight excluding hydrogens is 183 g/mol. The summed E-state index contributed by atoms with van der Waals surface area (Å²) in [5.41, 5.74) is 5.46. The second kappa shape index (κ2) is 3.40. The lowest BCUT2D eigenvalue weighted by atomic mass is 10.2. The molecule has 0 aliphatic carbocycles. The fraction of sp³-hybridized carbons (Fsp3) is 0. The number of nitrogens with zero attached hydrogens (tertiary/aromatic N) is 1. The first-order valence-electron chi connectivity index (χ1n) is 3.07. The molecule has 3 nitrogen and oxygen atoms in total. The van der Waals surface area contributed by atoms with Crippen molar-refractivity contribution in [3.05, 3.63) is 34.6 Å². The number of amidine groups is 1. The molecule has 12 heavy (non-hydrogen) atoms. The van der Waals surface area contributed by atoms with Crippen LogP contribution in [0.15, 0.2) is 23.4 Å². The third-order valence-electron chi connectivity index (χ3n) is 1.27. The summed E-state index contributed by atoms with van der Waals surface area (Å²) < 4.78 is 12.6. The third-order valence-corrected chi connectivity index (χ3v) is 1.48. The van der Waals surface area contributed by atoms with Crippen LogP contribution in [-0.2, 0) is 0 Å². The van der Waals surface area contributed by atoms with E-state index in [1.165, 1.54) is 6.07 Å². The average Bonchev–Trinajstić information content (AvgIpc) is 2.01. The van der Waals surface area contributed by atoms with Gasteiger partial charge in [0.15, 0.2) is 5.84 Å². The summed E-state index contributed by atoms with van der Waals surface area (Å²) in [7, 11) is 0. The lowest BCUT2D eigenvalue weighted by Gasteiger charge is -1.98. The van der Waals surface area contributed by atoms with Crippen LogP contribution in [0, 0.1) is 5.82 Å². The van der Waals surface area contributed by atoms with Crippen molar-refractivity contribution in [1.29, 1.82) is 0 Å². The van der Waals surface area contributed by atoms with Gasteiger partial charge in [0.1, 0.15) is 5.82 Å². The molecule has 0 spiro atoms. The van der Waals surface area contributed by atoms with E-state index in [9.17, 15) is 4.39 Å². The predicted octanol–water partition coefficient (Wildman–Crippen LogP) is 1.57. The van der Waals surface area contributed by atoms with Crippen LogP contribution in [0.2, 0.25) is 5.02 Å². The molecule has 5 heteroatoms. The molecule has 0 amide bonds. The van der Waals surface area contributed by atoms with Crippen LogP contribution in [0.1, 0.15) is 5.56 Å². The summed E-state index contributed by atoms with van der Waals surface area (Å²) in [6.07, 6.45) is 0. The van der Waals surface area contributed by atoms with Crippen molar-refractivity contribution in [1.82, 2.24) is 0 Å². The van der Waals surface area contributed by atoms with Crippen molar-refractivity contribution in [2.75, 3.05) is 0 Å². The monoisotopic (exact) mass is 188 g/mol. The molecule has 3 N–H and O–H groups in total. The molecule has 1 rings (SSSR count). The molecule has 0 fully saturated rings. The summed E-state index contributed by atoms with van der Waals surface area (Å²) in [4.78, 5) is 0. The second-order valence-corrected chi connectivity index (χ2v) is 2.58. The summed E-state index contributed by atoms with van der Waals surface area (Å²) >= 11 is 5.52. The number of nitrogens with two attached hydrogens (primary N) is 1. The van der Waals surface area contributed by atoms with Crippen molar-refractivity contribution < 1.29 is 9.60 Å². The minimum absolute atomic E-state index is 0.170. The summed E-state index contributed by atoms with van der Waals surface area (Å²) in [6, 6.07) is 3.66. The molecule has 0 aliphatic rings. The lowest BCUT2D eigenvalue weighted by molar-refractivity contribution is 0.318. The van der Waals surface area contributed by atoms with Crippen LogP contribution < -0.4 is 5.73 Å². The number of oxime groups is 1. The molecule has 0 aromatic heterocycles. The highest BCUT2D eigenvalue weighted by Gasteiger charge is 2.02. The van der Waals surface area contributed by atoms with Gasteiger partial charge >= 0.3 is 0 Å². The summed E-state index contributed by atoms with van der Waals surface area (Å²) in [5.74, 6) is -0.694. The van der Waals surface area contributed by atoms with E-state index in [0.29, 0.717) is 0 Å². The fourth-order valence-corrected chi connectivity index (χ4v) is 0.981. The van der Waals surface area contributed by atoms with E-state index in [1.54, 1.807) is 0 Å². The van der Waals surface area contributed by atoms with E-state index in [2.05, 4.69) is 5.16 Å². The average molecular weight is 189 g/mol. The van der Waals surface area contributed by atoms with Crippen molar-refractivity contribution >= 4 is 17.4 Å². The van der Waals surface area contributed by atoms with Gasteiger partial charge in [0.25, 0.3) is 0 Å². The molecule has 0 atom stereocenters. The predicted molar refractivity (Wildman–Crippen MR) is 43.9 cm³/mol. The van der Waals surface area contributed by atoms with E-state index in [1.807, 2.05) is 0 Å². The number of hydrogen-bond acceptors (Lipinski definition) is 2. The maximum absolute atomic E-state index is 12.6.